The first-order valence-electron chi connectivity index (χ1n) is 6.31. The van der Waals surface area contributed by atoms with Crippen molar-refractivity contribution in [3.05, 3.63) is 70.2 Å². The zero-order valence-electron chi connectivity index (χ0n) is 10.4. The van der Waals surface area contributed by atoms with E-state index >= 15 is 0 Å². The third kappa shape index (κ3) is 3.69. The Kier molecular flexibility index (Phi) is 4.97. The molecule has 0 heterocycles. The molecule has 1 nitrogen and oxygen atoms in total. The molecule has 0 radical (unpaired) electrons. The van der Waals surface area contributed by atoms with Crippen molar-refractivity contribution in [2.24, 2.45) is 5.73 Å². The molecule has 2 aromatic carbocycles. The van der Waals surface area contributed by atoms with Gasteiger partial charge in [-0.1, -0.05) is 64.5 Å². The van der Waals surface area contributed by atoms with Gasteiger partial charge in [0.25, 0.3) is 0 Å². The molecule has 18 heavy (non-hydrogen) atoms. The molecule has 0 saturated heterocycles. The summed E-state index contributed by atoms with van der Waals surface area (Å²) in [6.07, 6.45) is 3.20. The summed E-state index contributed by atoms with van der Waals surface area (Å²) in [5.74, 6) is 0. The molecular weight excluding hydrogens is 286 g/mol. The summed E-state index contributed by atoms with van der Waals surface area (Å²) >= 11 is 3.58. The number of halogens is 1. The van der Waals surface area contributed by atoms with Crippen LogP contribution < -0.4 is 5.73 Å². The largest absolute Gasteiger partial charge is 0.324 e. The van der Waals surface area contributed by atoms with E-state index < -0.39 is 0 Å². The standard InChI is InChI=1S/C16H18BrN/c17-15-11-5-4-7-13(15)10-6-12-16(18)14-8-2-1-3-9-14/h1-5,7-9,11,16H,6,10,12,18H2. The highest BCUT2D eigenvalue weighted by molar-refractivity contribution is 9.10. The maximum absolute atomic E-state index is 6.19. The summed E-state index contributed by atoms with van der Waals surface area (Å²) in [4.78, 5) is 0. The molecule has 2 aromatic rings. The van der Waals surface area contributed by atoms with Crippen LogP contribution >= 0.6 is 15.9 Å². The zero-order chi connectivity index (χ0) is 12.8. The highest BCUT2D eigenvalue weighted by Gasteiger charge is 2.05. The fraction of sp³-hybridized carbons (Fsp3) is 0.250. The van der Waals surface area contributed by atoms with Crippen molar-refractivity contribution in [3.8, 4) is 0 Å². The molecule has 0 fully saturated rings. The minimum Gasteiger partial charge on any atom is -0.324 e. The molecule has 1 unspecified atom stereocenters. The highest BCUT2D eigenvalue weighted by atomic mass is 79.9. The van der Waals surface area contributed by atoms with Gasteiger partial charge in [0.1, 0.15) is 0 Å². The number of hydrogen-bond donors (Lipinski definition) is 1. The molecule has 94 valence electrons. The fourth-order valence-corrected chi connectivity index (χ4v) is 2.56. The van der Waals surface area contributed by atoms with Crippen LogP contribution in [0.25, 0.3) is 0 Å². The SMILES string of the molecule is NC(CCCc1ccccc1Br)c1ccccc1. The lowest BCUT2D eigenvalue weighted by molar-refractivity contribution is 0.611. The van der Waals surface area contributed by atoms with Crippen LogP contribution in [0.2, 0.25) is 0 Å². The second-order valence-electron chi connectivity index (χ2n) is 4.50. The molecule has 0 saturated carbocycles. The maximum Gasteiger partial charge on any atom is 0.0294 e. The normalized spacial score (nSPS) is 12.3. The fourth-order valence-electron chi connectivity index (χ4n) is 2.08. The van der Waals surface area contributed by atoms with Gasteiger partial charge in [-0.15, -0.1) is 0 Å². The van der Waals surface area contributed by atoms with Gasteiger partial charge in [0.15, 0.2) is 0 Å². The first-order chi connectivity index (χ1) is 8.77. The van der Waals surface area contributed by atoms with Crippen LogP contribution in [0, 0.1) is 0 Å². The number of nitrogens with two attached hydrogens (primary N) is 1. The second kappa shape index (κ2) is 6.72. The minimum absolute atomic E-state index is 0.147. The van der Waals surface area contributed by atoms with E-state index in [0.29, 0.717) is 0 Å². The molecule has 0 aliphatic rings. The molecule has 1 atom stereocenters. The van der Waals surface area contributed by atoms with Crippen molar-refractivity contribution >= 4 is 15.9 Å². The monoisotopic (exact) mass is 303 g/mol. The third-order valence-corrected chi connectivity index (χ3v) is 3.92. The van der Waals surface area contributed by atoms with Gasteiger partial charge in [-0.25, -0.2) is 0 Å². The lowest BCUT2D eigenvalue weighted by Crippen LogP contribution is -2.10. The van der Waals surface area contributed by atoms with Crippen LogP contribution in [-0.2, 0) is 6.42 Å². The first kappa shape index (κ1) is 13.3. The van der Waals surface area contributed by atoms with Crippen molar-refractivity contribution in [1.29, 1.82) is 0 Å². The number of benzene rings is 2. The Morgan fingerprint density at radius 2 is 1.61 bits per heavy atom. The Hall–Kier alpha value is -1.12. The van der Waals surface area contributed by atoms with E-state index in [1.165, 1.54) is 15.6 Å². The Balaban J connectivity index is 1.84. The van der Waals surface area contributed by atoms with E-state index in [2.05, 4.69) is 46.3 Å². The van der Waals surface area contributed by atoms with Gasteiger partial charge in [-0.2, -0.15) is 0 Å². The molecule has 2 heteroatoms. The molecule has 0 spiro atoms. The summed E-state index contributed by atoms with van der Waals surface area (Å²) in [6, 6.07) is 18.8. The van der Waals surface area contributed by atoms with Gasteiger partial charge in [-0.05, 0) is 36.5 Å². The van der Waals surface area contributed by atoms with Crippen molar-refractivity contribution in [3.63, 3.8) is 0 Å². The Bertz CT molecular complexity index is 481. The van der Waals surface area contributed by atoms with Crippen LogP contribution in [0.15, 0.2) is 59.1 Å². The number of rotatable bonds is 5. The molecule has 0 aromatic heterocycles. The van der Waals surface area contributed by atoms with E-state index in [-0.39, 0.29) is 6.04 Å². The van der Waals surface area contributed by atoms with Gasteiger partial charge in [-0.3, -0.25) is 0 Å². The lowest BCUT2D eigenvalue weighted by Gasteiger charge is -2.12. The highest BCUT2D eigenvalue weighted by Crippen LogP contribution is 2.21. The van der Waals surface area contributed by atoms with Crippen LogP contribution in [0.1, 0.15) is 30.0 Å². The topological polar surface area (TPSA) is 26.0 Å². The van der Waals surface area contributed by atoms with E-state index in [1.54, 1.807) is 0 Å². The molecule has 2 N–H and O–H groups in total. The summed E-state index contributed by atoms with van der Waals surface area (Å²) in [5.41, 5.74) is 8.77. The Morgan fingerprint density at radius 3 is 2.33 bits per heavy atom. The molecule has 2 rings (SSSR count). The van der Waals surface area contributed by atoms with Crippen LogP contribution in [0.4, 0.5) is 0 Å². The van der Waals surface area contributed by atoms with Gasteiger partial charge < -0.3 is 5.73 Å². The summed E-state index contributed by atoms with van der Waals surface area (Å²) < 4.78 is 1.19. The predicted octanol–water partition coefficient (Wildman–Crippen LogP) is 4.47. The van der Waals surface area contributed by atoms with Crippen molar-refractivity contribution in [2.45, 2.75) is 25.3 Å². The van der Waals surface area contributed by atoms with E-state index in [1.807, 2.05) is 24.3 Å². The number of hydrogen-bond acceptors (Lipinski definition) is 1. The Labute approximate surface area is 117 Å². The van der Waals surface area contributed by atoms with E-state index in [0.717, 1.165) is 19.3 Å². The quantitative estimate of drug-likeness (QED) is 0.866. The Morgan fingerprint density at radius 1 is 0.944 bits per heavy atom. The smallest absolute Gasteiger partial charge is 0.0294 e. The average Bonchev–Trinajstić information content (AvgIpc) is 2.42. The van der Waals surface area contributed by atoms with Crippen LogP contribution in [0.5, 0.6) is 0 Å². The average molecular weight is 304 g/mol. The summed E-state index contributed by atoms with van der Waals surface area (Å²) in [5, 5.41) is 0. The number of aryl methyl sites for hydroxylation is 1. The molecule has 0 aliphatic heterocycles. The zero-order valence-corrected chi connectivity index (χ0v) is 11.9. The van der Waals surface area contributed by atoms with Crippen molar-refractivity contribution in [1.82, 2.24) is 0 Å². The maximum atomic E-state index is 6.19. The third-order valence-electron chi connectivity index (χ3n) is 3.15. The molecule has 0 amide bonds. The minimum atomic E-state index is 0.147. The molecule has 0 bridgehead atoms. The van der Waals surface area contributed by atoms with Crippen LogP contribution in [0.3, 0.4) is 0 Å². The van der Waals surface area contributed by atoms with Crippen LogP contribution in [-0.4, -0.2) is 0 Å². The lowest BCUT2D eigenvalue weighted by atomic mass is 10.00. The van der Waals surface area contributed by atoms with E-state index in [4.69, 9.17) is 5.73 Å². The second-order valence-corrected chi connectivity index (χ2v) is 5.36. The van der Waals surface area contributed by atoms with Gasteiger partial charge in [0.2, 0.25) is 0 Å². The van der Waals surface area contributed by atoms with Gasteiger partial charge in [0, 0.05) is 10.5 Å². The van der Waals surface area contributed by atoms with Gasteiger partial charge in [0.05, 0.1) is 0 Å². The summed E-state index contributed by atoms with van der Waals surface area (Å²) in [6.45, 7) is 0. The summed E-state index contributed by atoms with van der Waals surface area (Å²) in [7, 11) is 0. The van der Waals surface area contributed by atoms with E-state index in [9.17, 15) is 0 Å². The van der Waals surface area contributed by atoms with Gasteiger partial charge >= 0.3 is 0 Å². The van der Waals surface area contributed by atoms with Crippen molar-refractivity contribution in [2.75, 3.05) is 0 Å². The molecule has 0 aliphatic carbocycles. The molecular formula is C16H18BrN. The predicted molar refractivity (Wildman–Crippen MR) is 80.5 cm³/mol. The first-order valence-corrected chi connectivity index (χ1v) is 7.10. The van der Waals surface area contributed by atoms with Crippen molar-refractivity contribution < 1.29 is 0 Å².